The number of pyridine rings is 1. The molecule has 4 nitrogen and oxygen atoms in total. The van der Waals surface area contributed by atoms with Crippen LogP contribution in [0.3, 0.4) is 0 Å². The zero-order valence-corrected chi connectivity index (χ0v) is 10.1. The van der Waals surface area contributed by atoms with Crippen LogP contribution in [-0.2, 0) is 0 Å². The van der Waals surface area contributed by atoms with Crippen molar-refractivity contribution in [3.05, 3.63) is 64.9 Å². The molecule has 90 valence electrons. The van der Waals surface area contributed by atoms with E-state index in [0.29, 0.717) is 16.3 Å². The fraction of sp³-hybridized carbons (Fsp3) is 0. The van der Waals surface area contributed by atoms with Crippen LogP contribution >= 0.6 is 11.6 Å². The van der Waals surface area contributed by atoms with Crippen molar-refractivity contribution < 1.29 is 4.79 Å². The number of nitrogens with one attached hydrogen (secondary N) is 1. The first-order valence-electron chi connectivity index (χ1n) is 5.26. The maximum Gasteiger partial charge on any atom is 0.272 e. The lowest BCUT2D eigenvalue weighted by Crippen LogP contribution is -2.18. The van der Waals surface area contributed by atoms with Crippen LogP contribution in [0.4, 0.5) is 0 Å². The summed E-state index contributed by atoms with van der Waals surface area (Å²) in [6.45, 7) is 0. The Morgan fingerprint density at radius 1 is 1.22 bits per heavy atom. The number of amides is 1. The molecule has 2 aromatic rings. The quantitative estimate of drug-likeness (QED) is 0.680. The van der Waals surface area contributed by atoms with Gasteiger partial charge in [-0.3, -0.25) is 9.78 Å². The molecule has 5 heteroatoms. The van der Waals surface area contributed by atoms with E-state index in [9.17, 15) is 4.79 Å². The number of halogens is 1. The summed E-state index contributed by atoms with van der Waals surface area (Å²) in [5.41, 5.74) is 3.44. The van der Waals surface area contributed by atoms with Crippen molar-refractivity contribution in [1.82, 2.24) is 10.4 Å². The van der Waals surface area contributed by atoms with Crippen LogP contribution in [0.1, 0.15) is 16.1 Å². The van der Waals surface area contributed by atoms with Crippen molar-refractivity contribution in [3.8, 4) is 0 Å². The Morgan fingerprint density at radius 3 is 2.72 bits per heavy atom. The third kappa shape index (κ3) is 3.15. The summed E-state index contributed by atoms with van der Waals surface area (Å²) in [6, 6.07) is 12.2. The lowest BCUT2D eigenvalue weighted by molar-refractivity contribution is 0.0955. The van der Waals surface area contributed by atoms with Crippen LogP contribution in [0.15, 0.2) is 53.8 Å². The average Bonchev–Trinajstić information content (AvgIpc) is 2.40. The minimum atomic E-state index is -0.354. The molecule has 0 aliphatic rings. The predicted molar refractivity (Wildman–Crippen MR) is 70.7 cm³/mol. The fourth-order valence-electron chi connectivity index (χ4n) is 1.31. The molecule has 0 fully saturated rings. The minimum absolute atomic E-state index is 0.354. The van der Waals surface area contributed by atoms with E-state index in [-0.39, 0.29) is 5.91 Å². The van der Waals surface area contributed by atoms with Gasteiger partial charge in [-0.15, -0.1) is 0 Å². The molecule has 1 amide bonds. The number of aromatic nitrogens is 1. The van der Waals surface area contributed by atoms with E-state index in [0.717, 1.165) is 0 Å². The highest BCUT2D eigenvalue weighted by atomic mass is 35.5. The molecular weight excluding hydrogens is 250 g/mol. The molecule has 0 spiro atoms. The molecule has 18 heavy (non-hydrogen) atoms. The Hall–Kier alpha value is -2.20. The largest absolute Gasteiger partial charge is 0.272 e. The first-order chi connectivity index (χ1) is 8.77. The summed E-state index contributed by atoms with van der Waals surface area (Å²) >= 11 is 5.89. The summed E-state index contributed by atoms with van der Waals surface area (Å²) in [5, 5.41) is 4.21. The summed E-state index contributed by atoms with van der Waals surface area (Å²) in [7, 11) is 0. The normalized spacial score (nSPS) is 10.5. The van der Waals surface area contributed by atoms with E-state index in [2.05, 4.69) is 15.5 Å². The number of nitrogens with zero attached hydrogens (tertiary/aromatic N) is 2. The topological polar surface area (TPSA) is 54.4 Å². The Bertz CT molecular complexity index is 569. The van der Waals surface area contributed by atoms with Gasteiger partial charge in [-0.05, 0) is 24.3 Å². The van der Waals surface area contributed by atoms with E-state index in [4.69, 9.17) is 11.6 Å². The number of carbonyl (C=O) groups excluding carboxylic acids is 1. The van der Waals surface area contributed by atoms with Gasteiger partial charge in [-0.25, -0.2) is 5.43 Å². The van der Waals surface area contributed by atoms with Gasteiger partial charge in [0.2, 0.25) is 0 Å². The van der Waals surface area contributed by atoms with Gasteiger partial charge in [0.1, 0.15) is 0 Å². The SMILES string of the molecule is O=C(N/N=C/c1ccccn1)c1ccccc1Cl. The van der Waals surface area contributed by atoms with Gasteiger partial charge >= 0.3 is 0 Å². The van der Waals surface area contributed by atoms with Gasteiger partial charge in [-0.1, -0.05) is 29.8 Å². The van der Waals surface area contributed by atoms with Gasteiger partial charge < -0.3 is 0 Å². The molecule has 0 bridgehead atoms. The van der Waals surface area contributed by atoms with Crippen molar-refractivity contribution in [3.63, 3.8) is 0 Å². The number of rotatable bonds is 3. The third-order valence-corrected chi connectivity index (χ3v) is 2.50. The average molecular weight is 260 g/mol. The molecule has 0 atom stereocenters. The second-order valence-corrected chi connectivity index (χ2v) is 3.84. The molecule has 0 saturated heterocycles. The van der Waals surface area contributed by atoms with Crippen molar-refractivity contribution >= 4 is 23.7 Å². The van der Waals surface area contributed by atoms with Gasteiger partial charge in [-0.2, -0.15) is 5.10 Å². The first kappa shape index (κ1) is 12.3. The molecule has 0 radical (unpaired) electrons. The number of hydrogen-bond donors (Lipinski definition) is 1. The standard InChI is InChI=1S/C13H10ClN3O/c14-12-7-2-1-6-11(12)13(18)17-16-9-10-5-3-4-8-15-10/h1-9H,(H,17,18)/b16-9+. The highest BCUT2D eigenvalue weighted by molar-refractivity contribution is 6.33. The Kier molecular flexibility index (Phi) is 4.04. The van der Waals surface area contributed by atoms with E-state index in [1.54, 1.807) is 42.6 Å². The molecule has 1 heterocycles. The molecule has 1 N–H and O–H groups in total. The number of benzene rings is 1. The molecule has 0 saturated carbocycles. The predicted octanol–water partition coefficient (Wildman–Crippen LogP) is 2.50. The summed E-state index contributed by atoms with van der Waals surface area (Å²) in [6.07, 6.45) is 3.12. The summed E-state index contributed by atoms with van der Waals surface area (Å²) in [4.78, 5) is 15.8. The Balaban J connectivity index is 2.01. The minimum Gasteiger partial charge on any atom is -0.267 e. The maximum atomic E-state index is 11.7. The highest BCUT2D eigenvalue weighted by Crippen LogP contribution is 2.14. The second-order valence-electron chi connectivity index (χ2n) is 3.43. The smallest absolute Gasteiger partial charge is 0.267 e. The van der Waals surface area contributed by atoms with Gasteiger partial charge in [0.25, 0.3) is 5.91 Å². The lowest BCUT2D eigenvalue weighted by Gasteiger charge is -2.01. The Labute approximate surface area is 109 Å². The third-order valence-electron chi connectivity index (χ3n) is 2.17. The maximum absolute atomic E-state index is 11.7. The number of hydrazone groups is 1. The molecular formula is C13H10ClN3O. The summed E-state index contributed by atoms with van der Waals surface area (Å²) < 4.78 is 0. The Morgan fingerprint density at radius 2 is 2.00 bits per heavy atom. The molecule has 0 aliphatic heterocycles. The van der Waals surface area contributed by atoms with Gasteiger partial charge in [0, 0.05) is 6.20 Å². The van der Waals surface area contributed by atoms with E-state index in [1.807, 2.05) is 6.07 Å². The van der Waals surface area contributed by atoms with Crippen LogP contribution in [0.5, 0.6) is 0 Å². The van der Waals surface area contributed by atoms with E-state index >= 15 is 0 Å². The van der Waals surface area contributed by atoms with Crippen LogP contribution in [0.25, 0.3) is 0 Å². The molecule has 2 rings (SSSR count). The van der Waals surface area contributed by atoms with Gasteiger partial charge in [0.05, 0.1) is 22.5 Å². The monoisotopic (exact) mass is 259 g/mol. The number of carbonyl (C=O) groups is 1. The summed E-state index contributed by atoms with van der Waals surface area (Å²) in [5.74, 6) is -0.354. The molecule has 0 unspecified atom stereocenters. The second kappa shape index (κ2) is 5.93. The van der Waals surface area contributed by atoms with Crippen LogP contribution in [-0.4, -0.2) is 17.1 Å². The lowest BCUT2D eigenvalue weighted by atomic mass is 10.2. The highest BCUT2D eigenvalue weighted by Gasteiger charge is 2.07. The van der Waals surface area contributed by atoms with E-state index < -0.39 is 0 Å². The van der Waals surface area contributed by atoms with Crippen molar-refractivity contribution in [2.24, 2.45) is 5.10 Å². The van der Waals surface area contributed by atoms with Crippen molar-refractivity contribution in [2.45, 2.75) is 0 Å². The van der Waals surface area contributed by atoms with Crippen LogP contribution in [0.2, 0.25) is 5.02 Å². The van der Waals surface area contributed by atoms with Crippen molar-refractivity contribution in [1.29, 1.82) is 0 Å². The zero-order chi connectivity index (χ0) is 12.8. The van der Waals surface area contributed by atoms with Crippen LogP contribution in [0, 0.1) is 0 Å². The van der Waals surface area contributed by atoms with Crippen molar-refractivity contribution in [2.75, 3.05) is 0 Å². The number of hydrogen-bond acceptors (Lipinski definition) is 3. The van der Waals surface area contributed by atoms with Crippen LogP contribution < -0.4 is 5.43 Å². The van der Waals surface area contributed by atoms with E-state index in [1.165, 1.54) is 6.21 Å². The zero-order valence-electron chi connectivity index (χ0n) is 9.38. The first-order valence-corrected chi connectivity index (χ1v) is 5.64. The molecule has 0 aliphatic carbocycles. The molecule has 1 aromatic heterocycles. The fourth-order valence-corrected chi connectivity index (χ4v) is 1.54. The molecule has 1 aromatic carbocycles. The van der Waals surface area contributed by atoms with Gasteiger partial charge in [0.15, 0.2) is 0 Å².